The number of hydrogen-bond donors (Lipinski definition) is 1. The number of carboxylic acid groups (broad SMARTS) is 1. The van der Waals surface area contributed by atoms with Crippen LogP contribution in [0, 0.1) is 5.92 Å². The fourth-order valence-corrected chi connectivity index (χ4v) is 3.80. The molecule has 1 fully saturated rings. The normalized spacial score (nSPS) is 18.6. The van der Waals surface area contributed by atoms with Crippen LogP contribution in [-0.4, -0.2) is 24.3 Å². The van der Waals surface area contributed by atoms with Crippen LogP contribution in [0.3, 0.4) is 0 Å². The molecule has 1 N–H and O–H groups in total. The second-order valence-corrected chi connectivity index (χ2v) is 7.17. The van der Waals surface area contributed by atoms with Crippen LogP contribution in [0.15, 0.2) is 6.07 Å². The average molecular weight is 339 g/mol. The van der Waals surface area contributed by atoms with Crippen LogP contribution in [0.4, 0.5) is 0 Å². The molecule has 1 atom stereocenters. The zero-order chi connectivity index (χ0) is 16.6. The quantitative estimate of drug-likeness (QED) is 0.852. The van der Waals surface area contributed by atoms with E-state index < -0.39 is 5.97 Å². The van der Waals surface area contributed by atoms with Gasteiger partial charge in [0.2, 0.25) is 0 Å². The van der Waals surface area contributed by atoms with Gasteiger partial charge in [-0.1, -0.05) is 25.4 Å². The van der Waals surface area contributed by atoms with Gasteiger partial charge in [0, 0.05) is 23.1 Å². The third-order valence-corrected chi connectivity index (χ3v) is 4.91. The molecule has 2 aliphatic rings. The maximum atomic E-state index is 11.4. The first-order chi connectivity index (χ1) is 11.0. The number of rotatable bonds is 5. The summed E-state index contributed by atoms with van der Waals surface area (Å²) in [5.74, 6) is 1.21. The van der Waals surface area contributed by atoms with Crippen molar-refractivity contribution in [3.05, 3.63) is 22.2 Å². The topological polar surface area (TPSA) is 55.8 Å². The van der Waals surface area contributed by atoms with E-state index in [1.165, 1.54) is 0 Å². The molecule has 0 saturated heterocycles. The molecule has 5 heteroatoms. The van der Waals surface area contributed by atoms with Crippen molar-refractivity contribution in [1.82, 2.24) is 0 Å². The van der Waals surface area contributed by atoms with Crippen molar-refractivity contribution >= 4 is 17.6 Å². The largest absolute Gasteiger partial charge is 0.489 e. The molecular formula is C18H23ClO4. The minimum Gasteiger partial charge on any atom is -0.489 e. The Balaban J connectivity index is 2.14. The maximum Gasteiger partial charge on any atom is 0.303 e. The molecule has 23 heavy (non-hydrogen) atoms. The summed E-state index contributed by atoms with van der Waals surface area (Å²) < 4.78 is 11.7. The molecule has 0 amide bonds. The van der Waals surface area contributed by atoms with Gasteiger partial charge < -0.3 is 14.6 Å². The average Bonchev–Trinajstić information content (AvgIpc) is 3.30. The Bertz CT molecular complexity index is 608. The SMILES string of the molecule is CC(C)c1c2c(cc(Cl)c1C(CC(=O)O)C1CC1)OCCCO2. The van der Waals surface area contributed by atoms with Crippen LogP contribution in [0.5, 0.6) is 11.5 Å². The Hall–Kier alpha value is -1.42. The number of fused-ring (bicyclic) bond motifs is 1. The molecule has 126 valence electrons. The van der Waals surface area contributed by atoms with Gasteiger partial charge in [-0.25, -0.2) is 0 Å². The van der Waals surface area contributed by atoms with E-state index in [1.807, 2.05) is 0 Å². The lowest BCUT2D eigenvalue weighted by Gasteiger charge is -2.25. The predicted molar refractivity (Wildman–Crippen MR) is 88.9 cm³/mol. The highest BCUT2D eigenvalue weighted by Crippen LogP contribution is 2.52. The van der Waals surface area contributed by atoms with Crippen molar-refractivity contribution in [2.75, 3.05) is 13.2 Å². The van der Waals surface area contributed by atoms with Gasteiger partial charge in [0.25, 0.3) is 0 Å². The molecule has 4 nitrogen and oxygen atoms in total. The van der Waals surface area contributed by atoms with E-state index in [2.05, 4.69) is 13.8 Å². The van der Waals surface area contributed by atoms with Crippen LogP contribution in [0.2, 0.25) is 5.02 Å². The van der Waals surface area contributed by atoms with Gasteiger partial charge in [-0.05, 0) is 36.2 Å². The Labute approximate surface area is 141 Å². The summed E-state index contributed by atoms with van der Waals surface area (Å²) in [6.45, 7) is 5.41. The van der Waals surface area contributed by atoms with Crippen LogP contribution in [0.25, 0.3) is 0 Å². The summed E-state index contributed by atoms with van der Waals surface area (Å²) in [6.07, 6.45) is 3.09. The minimum atomic E-state index is -0.778. The third kappa shape index (κ3) is 3.42. The van der Waals surface area contributed by atoms with E-state index in [1.54, 1.807) is 6.07 Å². The van der Waals surface area contributed by atoms with Gasteiger partial charge in [-0.15, -0.1) is 0 Å². The van der Waals surface area contributed by atoms with Crippen molar-refractivity contribution < 1.29 is 19.4 Å². The third-order valence-electron chi connectivity index (χ3n) is 4.60. The number of benzene rings is 1. The molecule has 1 aromatic rings. The highest BCUT2D eigenvalue weighted by atomic mass is 35.5. The molecule has 1 saturated carbocycles. The van der Waals surface area contributed by atoms with E-state index in [9.17, 15) is 9.90 Å². The molecule has 3 rings (SSSR count). The van der Waals surface area contributed by atoms with Gasteiger partial charge in [0.15, 0.2) is 11.5 Å². The lowest BCUT2D eigenvalue weighted by molar-refractivity contribution is -0.137. The molecule has 1 unspecified atom stereocenters. The first-order valence-electron chi connectivity index (χ1n) is 8.32. The monoisotopic (exact) mass is 338 g/mol. The fraction of sp³-hybridized carbons (Fsp3) is 0.611. The zero-order valence-electron chi connectivity index (χ0n) is 13.6. The summed E-state index contributed by atoms with van der Waals surface area (Å²) in [5, 5.41) is 9.93. The lowest BCUT2D eigenvalue weighted by Crippen LogP contribution is -2.13. The van der Waals surface area contributed by atoms with Crippen molar-refractivity contribution in [1.29, 1.82) is 0 Å². The number of aliphatic carboxylic acids is 1. The van der Waals surface area contributed by atoms with E-state index in [0.717, 1.165) is 36.1 Å². The smallest absolute Gasteiger partial charge is 0.303 e. The summed E-state index contributed by atoms with van der Waals surface area (Å²) >= 11 is 6.59. The Morgan fingerprint density at radius 1 is 1.30 bits per heavy atom. The van der Waals surface area contributed by atoms with E-state index in [-0.39, 0.29) is 18.3 Å². The Kier molecular flexibility index (Phi) is 4.72. The van der Waals surface area contributed by atoms with Gasteiger partial charge in [0.1, 0.15) is 0 Å². The highest BCUT2D eigenvalue weighted by Gasteiger charge is 2.38. The van der Waals surface area contributed by atoms with Crippen molar-refractivity contribution in [3.8, 4) is 11.5 Å². The molecule has 1 aliphatic heterocycles. The van der Waals surface area contributed by atoms with Crippen molar-refractivity contribution in [2.45, 2.75) is 51.4 Å². The second kappa shape index (κ2) is 6.60. The Morgan fingerprint density at radius 2 is 2.00 bits per heavy atom. The number of hydrogen-bond acceptors (Lipinski definition) is 3. The second-order valence-electron chi connectivity index (χ2n) is 6.76. The predicted octanol–water partition coefficient (Wildman–Crippen LogP) is 4.59. The van der Waals surface area contributed by atoms with Crippen LogP contribution >= 0.6 is 11.6 Å². The maximum absolute atomic E-state index is 11.4. The van der Waals surface area contributed by atoms with E-state index in [4.69, 9.17) is 21.1 Å². The number of carboxylic acids is 1. The summed E-state index contributed by atoms with van der Waals surface area (Å²) in [7, 11) is 0. The van der Waals surface area contributed by atoms with Crippen LogP contribution < -0.4 is 9.47 Å². The Morgan fingerprint density at radius 3 is 2.61 bits per heavy atom. The summed E-state index contributed by atoms with van der Waals surface area (Å²) in [6, 6.07) is 1.81. The van der Waals surface area contributed by atoms with Crippen molar-refractivity contribution in [3.63, 3.8) is 0 Å². The van der Waals surface area contributed by atoms with Crippen LogP contribution in [0.1, 0.15) is 62.5 Å². The van der Waals surface area contributed by atoms with E-state index in [0.29, 0.717) is 29.9 Å². The fourth-order valence-electron chi connectivity index (χ4n) is 3.45. The van der Waals surface area contributed by atoms with Gasteiger partial charge in [-0.2, -0.15) is 0 Å². The number of carbonyl (C=O) groups is 1. The molecule has 1 aromatic carbocycles. The standard InChI is InChI=1S/C18H23ClO4/c1-10(2)16-17(12(8-15(20)21)11-4-5-11)13(19)9-14-18(16)23-7-3-6-22-14/h9-12H,3-8H2,1-2H3,(H,20,21). The number of halogens is 1. The van der Waals surface area contributed by atoms with E-state index >= 15 is 0 Å². The number of ether oxygens (including phenoxy) is 2. The zero-order valence-corrected chi connectivity index (χ0v) is 14.4. The van der Waals surface area contributed by atoms with Gasteiger partial charge >= 0.3 is 5.97 Å². The summed E-state index contributed by atoms with van der Waals surface area (Å²) in [4.78, 5) is 11.4. The molecule has 0 bridgehead atoms. The molecule has 1 heterocycles. The minimum absolute atomic E-state index is 0.0467. The lowest BCUT2D eigenvalue weighted by atomic mass is 9.83. The molecular weight excluding hydrogens is 316 g/mol. The molecule has 0 aromatic heterocycles. The van der Waals surface area contributed by atoms with Crippen LogP contribution in [-0.2, 0) is 4.79 Å². The molecule has 0 spiro atoms. The van der Waals surface area contributed by atoms with Gasteiger partial charge in [-0.3, -0.25) is 4.79 Å². The highest BCUT2D eigenvalue weighted by molar-refractivity contribution is 6.31. The summed E-state index contributed by atoms with van der Waals surface area (Å²) in [5.41, 5.74) is 1.98. The molecule has 0 radical (unpaired) electrons. The first-order valence-corrected chi connectivity index (χ1v) is 8.70. The van der Waals surface area contributed by atoms with Gasteiger partial charge in [0.05, 0.1) is 19.6 Å². The van der Waals surface area contributed by atoms with Crippen molar-refractivity contribution in [2.24, 2.45) is 5.92 Å². The molecule has 1 aliphatic carbocycles. The first kappa shape index (κ1) is 16.4.